The number of nitrogen functional groups attached to an aromatic ring is 1. The zero-order chi connectivity index (χ0) is 10.6. The molecule has 0 bridgehead atoms. The molecule has 5 heteroatoms. The van der Waals surface area contributed by atoms with Gasteiger partial charge in [0.15, 0.2) is 0 Å². The van der Waals surface area contributed by atoms with Crippen molar-refractivity contribution in [2.24, 2.45) is 11.1 Å². The Morgan fingerprint density at radius 3 is 2.79 bits per heavy atom. The molecule has 1 aromatic rings. The fourth-order valence-corrected chi connectivity index (χ4v) is 0.874. The molecule has 0 saturated heterocycles. The molecular formula is C9H17N5. The molecule has 0 aliphatic carbocycles. The molecule has 5 nitrogen and oxygen atoms in total. The summed E-state index contributed by atoms with van der Waals surface area (Å²) in [5, 5.41) is 3.17. The monoisotopic (exact) mass is 195 g/mol. The van der Waals surface area contributed by atoms with Crippen molar-refractivity contribution in [1.29, 1.82) is 0 Å². The molecule has 78 valence electrons. The third kappa shape index (κ3) is 3.18. The molecular weight excluding hydrogens is 178 g/mol. The summed E-state index contributed by atoms with van der Waals surface area (Å²) in [6.07, 6.45) is 1.63. The molecule has 0 radical (unpaired) electrons. The van der Waals surface area contributed by atoms with E-state index in [2.05, 4.69) is 29.1 Å². The number of rotatable bonds is 4. The second-order valence-electron chi connectivity index (χ2n) is 4.02. The summed E-state index contributed by atoms with van der Waals surface area (Å²) in [4.78, 5) is 7.83. The van der Waals surface area contributed by atoms with Gasteiger partial charge >= 0.3 is 0 Å². The minimum Gasteiger partial charge on any atom is -0.369 e. The fourth-order valence-electron chi connectivity index (χ4n) is 0.874. The van der Waals surface area contributed by atoms with Gasteiger partial charge in [-0.05, 0) is 18.0 Å². The van der Waals surface area contributed by atoms with Crippen LogP contribution in [0.1, 0.15) is 13.8 Å². The Labute approximate surface area is 83.9 Å². The molecule has 0 unspecified atom stereocenters. The van der Waals surface area contributed by atoms with Crippen molar-refractivity contribution in [2.75, 3.05) is 24.1 Å². The molecule has 0 spiro atoms. The van der Waals surface area contributed by atoms with E-state index in [9.17, 15) is 0 Å². The zero-order valence-corrected chi connectivity index (χ0v) is 8.62. The molecule has 0 aliphatic rings. The van der Waals surface area contributed by atoms with Crippen LogP contribution in [-0.2, 0) is 0 Å². The van der Waals surface area contributed by atoms with Gasteiger partial charge < -0.3 is 16.8 Å². The first-order valence-electron chi connectivity index (χ1n) is 4.56. The molecule has 0 amide bonds. The van der Waals surface area contributed by atoms with E-state index in [1.165, 1.54) is 0 Å². The van der Waals surface area contributed by atoms with Gasteiger partial charge in [-0.1, -0.05) is 13.8 Å². The van der Waals surface area contributed by atoms with Crippen LogP contribution < -0.4 is 16.8 Å². The molecule has 0 fully saturated rings. The molecule has 1 heterocycles. The van der Waals surface area contributed by atoms with Gasteiger partial charge in [0.05, 0.1) is 0 Å². The number of nitrogens with zero attached hydrogens (tertiary/aromatic N) is 2. The Morgan fingerprint density at radius 1 is 1.50 bits per heavy atom. The molecule has 0 aliphatic heterocycles. The van der Waals surface area contributed by atoms with Crippen molar-refractivity contribution in [2.45, 2.75) is 13.8 Å². The van der Waals surface area contributed by atoms with E-state index in [4.69, 9.17) is 11.5 Å². The number of aromatic nitrogens is 2. The average Bonchev–Trinajstić information content (AvgIpc) is 2.15. The van der Waals surface area contributed by atoms with Crippen LogP contribution in [0, 0.1) is 5.41 Å². The zero-order valence-electron chi connectivity index (χ0n) is 8.62. The smallest absolute Gasteiger partial charge is 0.221 e. The van der Waals surface area contributed by atoms with Gasteiger partial charge in [0.25, 0.3) is 0 Å². The van der Waals surface area contributed by atoms with Crippen LogP contribution in [0.5, 0.6) is 0 Å². The second-order valence-corrected chi connectivity index (χ2v) is 4.02. The predicted octanol–water partition coefficient (Wildman–Crippen LogP) is 0.456. The predicted molar refractivity (Wildman–Crippen MR) is 57.8 cm³/mol. The summed E-state index contributed by atoms with van der Waals surface area (Å²) in [5.41, 5.74) is 11.1. The lowest BCUT2D eigenvalue weighted by molar-refractivity contribution is 0.405. The average molecular weight is 195 g/mol. The first kappa shape index (κ1) is 10.7. The number of nitrogens with two attached hydrogens (primary N) is 2. The summed E-state index contributed by atoms with van der Waals surface area (Å²) in [7, 11) is 0. The van der Waals surface area contributed by atoms with Crippen molar-refractivity contribution < 1.29 is 0 Å². The van der Waals surface area contributed by atoms with Crippen LogP contribution in [-0.4, -0.2) is 23.1 Å². The highest BCUT2D eigenvalue weighted by Gasteiger charge is 2.14. The highest BCUT2D eigenvalue weighted by molar-refractivity contribution is 5.37. The summed E-state index contributed by atoms with van der Waals surface area (Å²) in [5.74, 6) is 1.01. The number of hydrogen-bond donors (Lipinski definition) is 3. The maximum absolute atomic E-state index is 5.60. The van der Waals surface area contributed by atoms with Gasteiger partial charge in [-0.25, -0.2) is 4.98 Å². The van der Waals surface area contributed by atoms with Crippen molar-refractivity contribution in [3.63, 3.8) is 0 Å². The van der Waals surface area contributed by atoms with E-state index < -0.39 is 0 Å². The van der Waals surface area contributed by atoms with Crippen LogP contribution in [0.2, 0.25) is 0 Å². The van der Waals surface area contributed by atoms with E-state index in [1.54, 1.807) is 12.3 Å². The largest absolute Gasteiger partial charge is 0.369 e. The third-order valence-electron chi connectivity index (χ3n) is 1.97. The summed E-state index contributed by atoms with van der Waals surface area (Å²) in [6.45, 7) is 5.57. The maximum Gasteiger partial charge on any atom is 0.221 e. The quantitative estimate of drug-likeness (QED) is 0.649. The van der Waals surface area contributed by atoms with Crippen LogP contribution in [0.4, 0.5) is 11.8 Å². The normalized spacial score (nSPS) is 11.4. The molecule has 0 atom stereocenters. The lowest BCUT2D eigenvalue weighted by atomic mass is 9.94. The van der Waals surface area contributed by atoms with Gasteiger partial charge in [-0.2, -0.15) is 4.98 Å². The highest BCUT2D eigenvalue weighted by Crippen LogP contribution is 2.13. The molecule has 0 saturated carbocycles. The van der Waals surface area contributed by atoms with Crippen LogP contribution >= 0.6 is 0 Å². The Morgan fingerprint density at radius 2 is 2.21 bits per heavy atom. The number of anilines is 2. The lowest BCUT2D eigenvalue weighted by Crippen LogP contribution is -2.31. The SMILES string of the molecule is CC(C)(CN)CNc1ccnc(N)n1. The van der Waals surface area contributed by atoms with Crippen molar-refractivity contribution >= 4 is 11.8 Å². The van der Waals surface area contributed by atoms with E-state index >= 15 is 0 Å². The fraction of sp³-hybridized carbons (Fsp3) is 0.556. The first-order chi connectivity index (χ1) is 6.53. The number of hydrogen-bond acceptors (Lipinski definition) is 5. The van der Waals surface area contributed by atoms with Gasteiger partial charge in [-0.15, -0.1) is 0 Å². The topological polar surface area (TPSA) is 89.8 Å². The summed E-state index contributed by atoms with van der Waals surface area (Å²) in [6, 6.07) is 1.78. The summed E-state index contributed by atoms with van der Waals surface area (Å²) < 4.78 is 0. The Bertz CT molecular complexity index is 297. The van der Waals surface area contributed by atoms with Crippen LogP contribution in [0.15, 0.2) is 12.3 Å². The minimum absolute atomic E-state index is 0.0553. The Kier molecular flexibility index (Phi) is 3.24. The van der Waals surface area contributed by atoms with E-state index in [0.717, 1.165) is 12.4 Å². The van der Waals surface area contributed by atoms with Gasteiger partial charge in [0.1, 0.15) is 5.82 Å². The van der Waals surface area contributed by atoms with Crippen molar-refractivity contribution in [1.82, 2.24) is 9.97 Å². The molecule has 14 heavy (non-hydrogen) atoms. The third-order valence-corrected chi connectivity index (χ3v) is 1.97. The standard InChI is InChI=1S/C9H17N5/c1-9(2,5-10)6-13-7-3-4-12-8(11)14-7/h3-4H,5-6,10H2,1-2H3,(H3,11,12,13,14). The van der Waals surface area contributed by atoms with Crippen LogP contribution in [0.3, 0.4) is 0 Å². The first-order valence-corrected chi connectivity index (χ1v) is 4.56. The van der Waals surface area contributed by atoms with Crippen molar-refractivity contribution in [3.05, 3.63) is 12.3 Å². The van der Waals surface area contributed by atoms with Gasteiger partial charge in [0, 0.05) is 12.7 Å². The van der Waals surface area contributed by atoms with E-state index in [-0.39, 0.29) is 11.4 Å². The number of nitrogens with one attached hydrogen (secondary N) is 1. The van der Waals surface area contributed by atoms with Crippen molar-refractivity contribution in [3.8, 4) is 0 Å². The lowest BCUT2D eigenvalue weighted by Gasteiger charge is -2.22. The highest BCUT2D eigenvalue weighted by atomic mass is 15.1. The van der Waals surface area contributed by atoms with Gasteiger partial charge in [-0.3, -0.25) is 0 Å². The Balaban J connectivity index is 2.54. The minimum atomic E-state index is 0.0553. The molecule has 5 N–H and O–H groups in total. The molecule has 0 aromatic carbocycles. The molecule has 1 rings (SSSR count). The van der Waals surface area contributed by atoms with Gasteiger partial charge in [0.2, 0.25) is 5.95 Å². The second kappa shape index (κ2) is 4.23. The van der Waals surface area contributed by atoms with E-state index in [1.807, 2.05) is 0 Å². The van der Waals surface area contributed by atoms with E-state index in [0.29, 0.717) is 6.54 Å². The van der Waals surface area contributed by atoms with Crippen LogP contribution in [0.25, 0.3) is 0 Å². The maximum atomic E-state index is 5.60. The molecule has 1 aromatic heterocycles. The Hall–Kier alpha value is -1.36. The summed E-state index contributed by atoms with van der Waals surface area (Å²) >= 11 is 0.